The molecular weight excluding hydrogens is 194 g/mol. The predicted octanol–water partition coefficient (Wildman–Crippen LogP) is 1.30. The summed E-state index contributed by atoms with van der Waals surface area (Å²) >= 11 is 0. The van der Waals surface area contributed by atoms with Crippen molar-refractivity contribution in [3.8, 4) is 0 Å². The standard InChI is InChI=1S/C10H11N3O2/c1-3-7-9-4-8(10(14)15)12-13(9)5-6(2)11-7/h4-5H,3H2,1-2H3,(H,14,15). The summed E-state index contributed by atoms with van der Waals surface area (Å²) < 4.78 is 1.57. The first-order valence-corrected chi connectivity index (χ1v) is 4.71. The average molecular weight is 205 g/mol. The fourth-order valence-electron chi connectivity index (χ4n) is 1.55. The molecule has 5 heteroatoms. The van der Waals surface area contributed by atoms with Crippen LogP contribution in [0.2, 0.25) is 0 Å². The molecule has 2 rings (SSSR count). The Labute approximate surface area is 86.4 Å². The van der Waals surface area contributed by atoms with E-state index in [9.17, 15) is 4.79 Å². The summed E-state index contributed by atoms with van der Waals surface area (Å²) in [4.78, 5) is 15.1. The van der Waals surface area contributed by atoms with E-state index in [0.29, 0.717) is 0 Å². The zero-order valence-corrected chi connectivity index (χ0v) is 8.56. The number of nitrogens with zero attached hydrogens (tertiary/aromatic N) is 3. The van der Waals surface area contributed by atoms with E-state index in [4.69, 9.17) is 5.11 Å². The average Bonchev–Trinajstić information content (AvgIpc) is 2.59. The van der Waals surface area contributed by atoms with E-state index in [-0.39, 0.29) is 5.69 Å². The molecule has 2 heterocycles. The number of hydrogen-bond acceptors (Lipinski definition) is 3. The number of aromatic nitrogens is 3. The maximum Gasteiger partial charge on any atom is 0.356 e. The summed E-state index contributed by atoms with van der Waals surface area (Å²) in [5.41, 5.74) is 2.52. The molecule has 0 amide bonds. The first kappa shape index (κ1) is 9.64. The minimum atomic E-state index is -1.02. The third-order valence-electron chi connectivity index (χ3n) is 2.21. The molecule has 0 spiro atoms. The quantitative estimate of drug-likeness (QED) is 0.802. The van der Waals surface area contributed by atoms with Crippen LogP contribution in [0.25, 0.3) is 5.52 Å². The molecule has 0 aliphatic heterocycles. The molecule has 5 nitrogen and oxygen atoms in total. The molecule has 15 heavy (non-hydrogen) atoms. The van der Waals surface area contributed by atoms with Crippen molar-refractivity contribution in [2.24, 2.45) is 0 Å². The van der Waals surface area contributed by atoms with Crippen LogP contribution in [0.5, 0.6) is 0 Å². The van der Waals surface area contributed by atoms with Crippen molar-refractivity contribution in [3.63, 3.8) is 0 Å². The highest BCUT2D eigenvalue weighted by atomic mass is 16.4. The lowest BCUT2D eigenvalue weighted by Crippen LogP contribution is -1.99. The second-order valence-corrected chi connectivity index (χ2v) is 3.35. The number of carboxylic acids is 1. The Kier molecular flexibility index (Phi) is 2.15. The van der Waals surface area contributed by atoms with Gasteiger partial charge in [0.15, 0.2) is 5.69 Å². The first-order valence-electron chi connectivity index (χ1n) is 4.71. The van der Waals surface area contributed by atoms with E-state index in [2.05, 4.69) is 10.1 Å². The van der Waals surface area contributed by atoms with Crippen molar-refractivity contribution in [1.82, 2.24) is 14.6 Å². The predicted molar refractivity (Wildman–Crippen MR) is 54.1 cm³/mol. The number of carboxylic acid groups (broad SMARTS) is 1. The van der Waals surface area contributed by atoms with Gasteiger partial charge in [-0.25, -0.2) is 9.31 Å². The lowest BCUT2D eigenvalue weighted by atomic mass is 10.2. The molecule has 0 aliphatic carbocycles. The second kappa shape index (κ2) is 3.34. The minimum Gasteiger partial charge on any atom is -0.476 e. The molecule has 1 N–H and O–H groups in total. The Balaban J connectivity index is 2.74. The van der Waals surface area contributed by atoms with E-state index in [1.807, 2.05) is 13.8 Å². The maximum atomic E-state index is 10.8. The highest BCUT2D eigenvalue weighted by Crippen LogP contribution is 2.12. The third-order valence-corrected chi connectivity index (χ3v) is 2.21. The van der Waals surface area contributed by atoms with Crippen LogP contribution in [0.3, 0.4) is 0 Å². The molecule has 0 radical (unpaired) electrons. The molecule has 0 saturated carbocycles. The van der Waals surface area contributed by atoms with Gasteiger partial charge in [-0.1, -0.05) is 6.92 Å². The number of hydrogen-bond donors (Lipinski definition) is 1. The minimum absolute atomic E-state index is 0.0529. The SMILES string of the molecule is CCc1nc(C)cn2nc(C(=O)O)cc12. The van der Waals surface area contributed by atoms with Crippen LogP contribution in [0.1, 0.15) is 28.8 Å². The van der Waals surface area contributed by atoms with Gasteiger partial charge in [0, 0.05) is 6.07 Å². The fourth-order valence-corrected chi connectivity index (χ4v) is 1.55. The van der Waals surface area contributed by atoms with Crippen LogP contribution >= 0.6 is 0 Å². The fraction of sp³-hybridized carbons (Fsp3) is 0.300. The molecule has 0 unspecified atom stereocenters. The summed E-state index contributed by atoms with van der Waals surface area (Å²) in [7, 11) is 0. The monoisotopic (exact) mass is 205 g/mol. The van der Waals surface area contributed by atoms with Crippen molar-refractivity contribution in [1.29, 1.82) is 0 Å². The summed E-state index contributed by atoms with van der Waals surface area (Å²) in [6.07, 6.45) is 2.48. The Morgan fingerprint density at radius 3 is 2.93 bits per heavy atom. The van der Waals surface area contributed by atoms with E-state index < -0.39 is 5.97 Å². The normalized spacial score (nSPS) is 10.8. The van der Waals surface area contributed by atoms with Crippen LogP contribution in [0.15, 0.2) is 12.3 Å². The van der Waals surface area contributed by atoms with Crippen molar-refractivity contribution < 1.29 is 9.90 Å². The molecule has 0 bridgehead atoms. The van der Waals surface area contributed by atoms with Crippen LogP contribution < -0.4 is 0 Å². The highest BCUT2D eigenvalue weighted by molar-refractivity contribution is 5.87. The molecule has 0 aromatic carbocycles. The van der Waals surface area contributed by atoms with Crippen LogP contribution in [-0.4, -0.2) is 25.7 Å². The molecule has 2 aromatic heterocycles. The van der Waals surface area contributed by atoms with Crippen molar-refractivity contribution in [2.75, 3.05) is 0 Å². The van der Waals surface area contributed by atoms with Crippen LogP contribution in [0.4, 0.5) is 0 Å². The summed E-state index contributed by atoms with van der Waals surface area (Å²) in [6, 6.07) is 1.55. The Hall–Kier alpha value is -1.91. The van der Waals surface area contributed by atoms with Gasteiger partial charge >= 0.3 is 5.97 Å². The van der Waals surface area contributed by atoms with Gasteiger partial charge in [0.05, 0.1) is 23.1 Å². The number of rotatable bonds is 2. The second-order valence-electron chi connectivity index (χ2n) is 3.35. The smallest absolute Gasteiger partial charge is 0.356 e. The number of carbonyl (C=O) groups is 1. The van der Waals surface area contributed by atoms with Gasteiger partial charge in [-0.05, 0) is 13.3 Å². The van der Waals surface area contributed by atoms with Gasteiger partial charge in [-0.2, -0.15) is 5.10 Å². The van der Waals surface area contributed by atoms with Crippen molar-refractivity contribution in [3.05, 3.63) is 29.3 Å². The lowest BCUT2D eigenvalue weighted by molar-refractivity contribution is 0.0690. The molecule has 0 atom stereocenters. The topological polar surface area (TPSA) is 67.5 Å². The van der Waals surface area contributed by atoms with E-state index in [0.717, 1.165) is 23.3 Å². The number of fused-ring (bicyclic) bond motifs is 1. The summed E-state index contributed by atoms with van der Waals surface area (Å²) in [5, 5.41) is 12.8. The van der Waals surface area contributed by atoms with Crippen molar-refractivity contribution in [2.45, 2.75) is 20.3 Å². The molecule has 78 valence electrons. The van der Waals surface area contributed by atoms with Gasteiger partial charge in [0.1, 0.15) is 0 Å². The van der Waals surface area contributed by atoms with Gasteiger partial charge in [-0.15, -0.1) is 0 Å². The first-order chi connectivity index (χ1) is 7.11. The number of aromatic carboxylic acids is 1. The van der Waals surface area contributed by atoms with Crippen LogP contribution in [-0.2, 0) is 6.42 Å². The van der Waals surface area contributed by atoms with Crippen LogP contribution in [0, 0.1) is 6.92 Å². The highest BCUT2D eigenvalue weighted by Gasteiger charge is 2.11. The Bertz CT molecular complexity index is 531. The third kappa shape index (κ3) is 1.56. The van der Waals surface area contributed by atoms with Gasteiger partial charge in [-0.3, -0.25) is 4.98 Å². The molecule has 0 fully saturated rings. The zero-order valence-electron chi connectivity index (χ0n) is 8.56. The van der Waals surface area contributed by atoms with Gasteiger partial charge < -0.3 is 5.11 Å². The molecular formula is C10H11N3O2. The summed E-state index contributed by atoms with van der Waals surface area (Å²) in [6.45, 7) is 3.84. The molecule has 2 aromatic rings. The van der Waals surface area contributed by atoms with Gasteiger partial charge in [0.25, 0.3) is 0 Å². The Morgan fingerprint density at radius 2 is 2.33 bits per heavy atom. The van der Waals surface area contributed by atoms with E-state index >= 15 is 0 Å². The zero-order chi connectivity index (χ0) is 11.0. The van der Waals surface area contributed by atoms with E-state index in [1.165, 1.54) is 0 Å². The largest absolute Gasteiger partial charge is 0.476 e. The molecule has 0 saturated heterocycles. The maximum absolute atomic E-state index is 10.8. The summed E-state index contributed by atoms with van der Waals surface area (Å²) in [5.74, 6) is -1.02. The van der Waals surface area contributed by atoms with Gasteiger partial charge in [0.2, 0.25) is 0 Å². The number of aryl methyl sites for hydroxylation is 2. The molecule has 0 aliphatic rings. The van der Waals surface area contributed by atoms with Crippen molar-refractivity contribution >= 4 is 11.5 Å². The lowest BCUT2D eigenvalue weighted by Gasteiger charge is -2.01. The Morgan fingerprint density at radius 1 is 1.60 bits per heavy atom. The van der Waals surface area contributed by atoms with E-state index in [1.54, 1.807) is 16.8 Å².